The Labute approximate surface area is 173 Å². The van der Waals surface area contributed by atoms with E-state index in [1.54, 1.807) is 17.7 Å². The van der Waals surface area contributed by atoms with Gasteiger partial charge in [-0.25, -0.2) is 14.8 Å². The molecule has 5 rings (SSSR count). The first-order chi connectivity index (χ1) is 14.3. The number of hydrogen-bond acceptors (Lipinski definition) is 6. The van der Waals surface area contributed by atoms with E-state index >= 15 is 0 Å². The van der Waals surface area contributed by atoms with Crippen molar-refractivity contribution in [3.8, 4) is 5.75 Å². The van der Waals surface area contributed by atoms with Crippen LogP contribution >= 0.6 is 11.3 Å². The number of anilines is 1. The maximum atomic E-state index is 12.7. The number of ether oxygens (including phenoxy) is 1. The molecule has 1 aromatic carbocycles. The van der Waals surface area contributed by atoms with Gasteiger partial charge in [-0.3, -0.25) is 0 Å². The highest BCUT2D eigenvalue weighted by Crippen LogP contribution is 2.33. The molecule has 0 saturated carbocycles. The van der Waals surface area contributed by atoms with Crippen molar-refractivity contribution in [3.63, 3.8) is 0 Å². The highest BCUT2D eigenvalue weighted by Gasteiger charge is 2.25. The summed E-state index contributed by atoms with van der Waals surface area (Å²) in [5.41, 5.74) is 2.17. The van der Waals surface area contributed by atoms with Crippen LogP contribution in [0.5, 0.6) is 5.75 Å². The van der Waals surface area contributed by atoms with E-state index in [9.17, 15) is 4.79 Å². The fourth-order valence-corrected chi connectivity index (χ4v) is 4.93. The Morgan fingerprint density at radius 3 is 2.93 bits per heavy atom. The number of fused-ring (bicyclic) bond motifs is 2. The molecule has 1 fully saturated rings. The van der Waals surface area contributed by atoms with Crippen molar-refractivity contribution >= 4 is 33.4 Å². The van der Waals surface area contributed by atoms with E-state index < -0.39 is 0 Å². The number of rotatable bonds is 3. The molecule has 8 heteroatoms. The minimum Gasteiger partial charge on any atom is -0.493 e. The van der Waals surface area contributed by atoms with E-state index in [1.807, 2.05) is 34.5 Å². The molecule has 2 aliphatic heterocycles. The molecule has 0 aliphatic carbocycles. The van der Waals surface area contributed by atoms with Gasteiger partial charge < -0.3 is 19.9 Å². The van der Waals surface area contributed by atoms with E-state index in [0.717, 1.165) is 41.3 Å². The number of carbonyl (C=O) groups is 1. The highest BCUT2D eigenvalue weighted by molar-refractivity contribution is 7.17. The second-order valence-corrected chi connectivity index (χ2v) is 8.28. The number of nitrogens with zero attached hydrogens (tertiary/aromatic N) is 4. The zero-order valence-corrected chi connectivity index (χ0v) is 16.9. The van der Waals surface area contributed by atoms with Crippen molar-refractivity contribution in [3.05, 3.63) is 47.6 Å². The zero-order valence-electron chi connectivity index (χ0n) is 16.1. The molecule has 1 atom stereocenters. The maximum absolute atomic E-state index is 12.7. The SMILES string of the molecule is O=C(NCC1CCOc2ccccc21)N1CCN(c2ncnc3ccsc23)CC1. The Kier molecular flexibility index (Phi) is 4.93. The summed E-state index contributed by atoms with van der Waals surface area (Å²) in [5, 5.41) is 5.18. The normalized spacial score (nSPS) is 19.0. The van der Waals surface area contributed by atoms with Gasteiger partial charge in [0.1, 0.15) is 17.9 Å². The Bertz CT molecular complexity index is 1010. The fourth-order valence-electron chi connectivity index (χ4n) is 4.07. The van der Waals surface area contributed by atoms with Crippen LogP contribution in [0.2, 0.25) is 0 Å². The third-order valence-electron chi connectivity index (χ3n) is 5.67. The van der Waals surface area contributed by atoms with Gasteiger partial charge in [-0.1, -0.05) is 18.2 Å². The van der Waals surface area contributed by atoms with Gasteiger partial charge in [-0.2, -0.15) is 0 Å². The molecule has 0 spiro atoms. The molecule has 3 aromatic rings. The lowest BCUT2D eigenvalue weighted by Gasteiger charge is -2.36. The number of piperazine rings is 1. The summed E-state index contributed by atoms with van der Waals surface area (Å²) in [6, 6.07) is 10.1. The van der Waals surface area contributed by atoms with Gasteiger partial charge in [0.15, 0.2) is 0 Å². The molecule has 2 amide bonds. The number of para-hydroxylation sites is 1. The molecule has 1 N–H and O–H groups in total. The molecule has 1 saturated heterocycles. The van der Waals surface area contributed by atoms with Gasteiger partial charge in [0, 0.05) is 38.6 Å². The van der Waals surface area contributed by atoms with Gasteiger partial charge >= 0.3 is 6.03 Å². The highest BCUT2D eigenvalue weighted by atomic mass is 32.1. The number of hydrogen-bond donors (Lipinski definition) is 1. The number of thiophene rings is 1. The van der Waals surface area contributed by atoms with Crippen LogP contribution in [0.15, 0.2) is 42.0 Å². The summed E-state index contributed by atoms with van der Waals surface area (Å²) in [6.45, 7) is 4.27. The van der Waals surface area contributed by atoms with E-state index in [1.165, 1.54) is 5.56 Å². The fraction of sp³-hybridized carbons (Fsp3) is 0.381. The van der Waals surface area contributed by atoms with Gasteiger partial charge in [0.2, 0.25) is 0 Å². The number of benzene rings is 1. The van der Waals surface area contributed by atoms with Gasteiger partial charge in [-0.15, -0.1) is 11.3 Å². The third kappa shape index (κ3) is 3.60. The van der Waals surface area contributed by atoms with Crippen LogP contribution in [-0.2, 0) is 0 Å². The van der Waals surface area contributed by atoms with Crippen molar-refractivity contribution in [1.29, 1.82) is 0 Å². The molecular weight excluding hydrogens is 386 g/mol. The minimum absolute atomic E-state index is 0.0116. The Morgan fingerprint density at radius 1 is 1.17 bits per heavy atom. The largest absolute Gasteiger partial charge is 0.493 e. The van der Waals surface area contributed by atoms with E-state index in [0.29, 0.717) is 32.2 Å². The van der Waals surface area contributed by atoms with Crippen molar-refractivity contribution in [2.45, 2.75) is 12.3 Å². The smallest absolute Gasteiger partial charge is 0.317 e. The maximum Gasteiger partial charge on any atom is 0.317 e. The van der Waals surface area contributed by atoms with Gasteiger partial charge in [0.05, 0.1) is 16.8 Å². The van der Waals surface area contributed by atoms with Crippen molar-refractivity contribution in [2.24, 2.45) is 0 Å². The zero-order chi connectivity index (χ0) is 19.6. The molecule has 1 unspecified atom stereocenters. The Balaban J connectivity index is 1.18. The van der Waals surface area contributed by atoms with E-state index in [4.69, 9.17) is 4.74 Å². The van der Waals surface area contributed by atoms with Gasteiger partial charge in [-0.05, 0) is 29.5 Å². The molecule has 2 aromatic heterocycles. The number of nitrogens with one attached hydrogen (secondary N) is 1. The molecule has 150 valence electrons. The monoisotopic (exact) mass is 409 g/mol. The molecule has 0 radical (unpaired) electrons. The second kappa shape index (κ2) is 7.87. The van der Waals surface area contributed by atoms with Crippen LogP contribution < -0.4 is 15.0 Å². The summed E-state index contributed by atoms with van der Waals surface area (Å²) in [4.78, 5) is 25.7. The lowest BCUT2D eigenvalue weighted by molar-refractivity contribution is 0.191. The molecule has 2 aliphatic rings. The van der Waals surface area contributed by atoms with E-state index in [2.05, 4.69) is 26.3 Å². The van der Waals surface area contributed by atoms with Crippen molar-refractivity contribution < 1.29 is 9.53 Å². The average Bonchev–Trinajstić information content (AvgIpc) is 3.26. The Morgan fingerprint density at radius 2 is 2.03 bits per heavy atom. The Hall–Kier alpha value is -2.87. The molecule has 7 nitrogen and oxygen atoms in total. The minimum atomic E-state index is 0.0116. The first-order valence-corrected chi connectivity index (χ1v) is 10.9. The number of aromatic nitrogens is 2. The summed E-state index contributed by atoms with van der Waals surface area (Å²) in [7, 11) is 0. The standard InChI is InChI=1S/C21H23N5O2S/c27-21(22-13-15-5-11-28-18-4-2-1-3-16(15)18)26-9-7-25(8-10-26)20-19-17(6-12-29-19)23-14-24-20/h1-4,6,12,14-15H,5,7-11,13H2,(H,22,27). The molecule has 4 heterocycles. The number of urea groups is 1. The summed E-state index contributed by atoms with van der Waals surface area (Å²) in [5.74, 6) is 2.22. The quantitative estimate of drug-likeness (QED) is 0.720. The predicted octanol–water partition coefficient (Wildman–Crippen LogP) is 3.09. The molecule has 29 heavy (non-hydrogen) atoms. The predicted molar refractivity (Wildman–Crippen MR) is 114 cm³/mol. The summed E-state index contributed by atoms with van der Waals surface area (Å²) >= 11 is 1.66. The van der Waals surface area contributed by atoms with Crippen LogP contribution in [0, 0.1) is 0 Å². The first-order valence-electron chi connectivity index (χ1n) is 9.97. The molecule has 0 bridgehead atoms. The summed E-state index contributed by atoms with van der Waals surface area (Å²) in [6.07, 6.45) is 2.55. The van der Waals surface area contributed by atoms with Crippen molar-refractivity contribution in [2.75, 3.05) is 44.2 Å². The lowest BCUT2D eigenvalue weighted by atomic mass is 9.93. The molecular formula is C21H23N5O2S. The van der Waals surface area contributed by atoms with Crippen molar-refractivity contribution in [1.82, 2.24) is 20.2 Å². The summed E-state index contributed by atoms with van der Waals surface area (Å²) < 4.78 is 6.83. The second-order valence-electron chi connectivity index (χ2n) is 7.36. The number of amides is 2. The van der Waals surface area contributed by atoms with Crippen LogP contribution in [0.3, 0.4) is 0 Å². The first kappa shape index (κ1) is 18.2. The average molecular weight is 410 g/mol. The lowest BCUT2D eigenvalue weighted by Crippen LogP contribution is -2.52. The van der Waals surface area contributed by atoms with Crippen LogP contribution in [0.25, 0.3) is 10.2 Å². The number of carbonyl (C=O) groups excluding carboxylic acids is 1. The van der Waals surface area contributed by atoms with Crippen LogP contribution in [-0.4, -0.2) is 60.2 Å². The van der Waals surface area contributed by atoms with Crippen LogP contribution in [0.1, 0.15) is 17.9 Å². The van der Waals surface area contributed by atoms with E-state index in [-0.39, 0.29) is 6.03 Å². The third-order valence-corrected chi connectivity index (χ3v) is 6.57. The van der Waals surface area contributed by atoms with Crippen LogP contribution in [0.4, 0.5) is 10.6 Å². The topological polar surface area (TPSA) is 70.6 Å². The van der Waals surface area contributed by atoms with Gasteiger partial charge in [0.25, 0.3) is 0 Å².